The van der Waals surface area contributed by atoms with Crippen molar-refractivity contribution in [3.05, 3.63) is 47.9 Å². The van der Waals surface area contributed by atoms with E-state index in [1.54, 1.807) is 13.8 Å². The molecule has 33 heavy (non-hydrogen) atoms. The summed E-state index contributed by atoms with van der Waals surface area (Å²) in [6.45, 7) is 3.21. The van der Waals surface area contributed by atoms with Crippen LogP contribution in [0, 0.1) is 5.92 Å². The van der Waals surface area contributed by atoms with Crippen LogP contribution in [0.2, 0.25) is 0 Å². The summed E-state index contributed by atoms with van der Waals surface area (Å²) in [6, 6.07) is 2.18. The minimum Gasteiger partial charge on any atom is -0.310 e. The lowest BCUT2D eigenvalue weighted by molar-refractivity contribution is -0.141. The molecule has 0 bridgehead atoms. The van der Waals surface area contributed by atoms with E-state index in [9.17, 15) is 35.9 Å². The number of aromatic nitrogens is 2. The van der Waals surface area contributed by atoms with E-state index in [0.29, 0.717) is 6.07 Å². The van der Waals surface area contributed by atoms with E-state index in [2.05, 4.69) is 15.3 Å². The van der Waals surface area contributed by atoms with Gasteiger partial charge in [-0.15, -0.1) is 0 Å². The number of nitrogens with one attached hydrogen (secondary N) is 1. The standard InChI is InChI=1S/C20H19F6N5O2/c1-11(2)14-9-30(13-3-4-15(28-8-13)20(24,25)26)18(33)31(14)10-17(32)29-16-7-12(5-6-27-16)19(21,22)23/h3-8,11,14H,9-10H2,1-2H3,(H,27,29,32)/t14-/m1/s1. The van der Waals surface area contributed by atoms with Crippen molar-refractivity contribution in [3.63, 3.8) is 0 Å². The highest BCUT2D eigenvalue weighted by Gasteiger charge is 2.41. The number of nitrogens with zero attached hydrogens (tertiary/aromatic N) is 4. The van der Waals surface area contributed by atoms with Gasteiger partial charge in [-0.05, 0) is 30.2 Å². The number of halogens is 6. The number of carbonyl (C=O) groups is 2. The highest BCUT2D eigenvalue weighted by Crippen LogP contribution is 2.32. The molecule has 1 N–H and O–H groups in total. The molecule has 0 aliphatic carbocycles. The van der Waals surface area contributed by atoms with Crippen molar-refractivity contribution in [1.29, 1.82) is 0 Å². The lowest BCUT2D eigenvalue weighted by Crippen LogP contribution is -2.42. The van der Waals surface area contributed by atoms with Crippen molar-refractivity contribution < 1.29 is 35.9 Å². The van der Waals surface area contributed by atoms with Crippen molar-refractivity contribution >= 4 is 23.4 Å². The van der Waals surface area contributed by atoms with Crippen LogP contribution in [0.15, 0.2) is 36.7 Å². The number of urea groups is 1. The fourth-order valence-electron chi connectivity index (χ4n) is 3.36. The molecule has 0 radical (unpaired) electrons. The molecule has 1 aliphatic heterocycles. The summed E-state index contributed by atoms with van der Waals surface area (Å²) >= 11 is 0. The zero-order valence-corrected chi connectivity index (χ0v) is 17.4. The normalized spacial score (nSPS) is 17.1. The fraction of sp³-hybridized carbons (Fsp3) is 0.400. The Kier molecular flexibility index (Phi) is 6.52. The van der Waals surface area contributed by atoms with Crippen LogP contribution in [-0.4, -0.2) is 45.9 Å². The maximum atomic E-state index is 12.9. The Morgan fingerprint density at radius 2 is 1.82 bits per heavy atom. The predicted octanol–water partition coefficient (Wildman–Crippen LogP) is 4.42. The number of carbonyl (C=O) groups excluding carboxylic acids is 2. The monoisotopic (exact) mass is 475 g/mol. The van der Waals surface area contributed by atoms with E-state index in [0.717, 1.165) is 30.6 Å². The Hall–Kier alpha value is -3.38. The topological polar surface area (TPSA) is 78.4 Å². The van der Waals surface area contributed by atoms with Crippen LogP contribution >= 0.6 is 0 Å². The number of amides is 3. The van der Waals surface area contributed by atoms with Crippen molar-refractivity contribution in [2.75, 3.05) is 23.3 Å². The summed E-state index contributed by atoms with van der Waals surface area (Å²) in [5, 5.41) is 2.24. The molecular weight excluding hydrogens is 456 g/mol. The van der Waals surface area contributed by atoms with Crippen LogP contribution in [-0.2, 0) is 17.1 Å². The number of rotatable bonds is 5. The fourth-order valence-corrected chi connectivity index (χ4v) is 3.36. The predicted molar refractivity (Wildman–Crippen MR) is 105 cm³/mol. The third kappa shape index (κ3) is 5.52. The molecule has 0 saturated carbocycles. The lowest BCUT2D eigenvalue weighted by Gasteiger charge is -2.25. The van der Waals surface area contributed by atoms with Gasteiger partial charge in [0, 0.05) is 12.7 Å². The van der Waals surface area contributed by atoms with Gasteiger partial charge in [-0.2, -0.15) is 26.3 Å². The second-order valence-corrected chi connectivity index (χ2v) is 7.71. The second-order valence-electron chi connectivity index (χ2n) is 7.71. The third-order valence-electron chi connectivity index (χ3n) is 5.03. The van der Waals surface area contributed by atoms with Crippen LogP contribution < -0.4 is 10.2 Å². The average molecular weight is 475 g/mol. The van der Waals surface area contributed by atoms with E-state index in [-0.39, 0.29) is 24.0 Å². The molecule has 1 saturated heterocycles. The SMILES string of the molecule is CC(C)[C@H]1CN(c2ccc(C(F)(F)F)nc2)C(=O)N1CC(=O)Nc1cc(C(F)(F)F)ccn1. The van der Waals surface area contributed by atoms with Crippen LogP contribution in [0.3, 0.4) is 0 Å². The van der Waals surface area contributed by atoms with Crippen molar-refractivity contribution in [2.45, 2.75) is 32.2 Å². The van der Waals surface area contributed by atoms with Crippen LogP contribution in [0.25, 0.3) is 0 Å². The molecule has 0 aromatic carbocycles. The van der Waals surface area contributed by atoms with Gasteiger partial charge in [-0.25, -0.2) is 14.8 Å². The Morgan fingerprint density at radius 1 is 1.12 bits per heavy atom. The third-order valence-corrected chi connectivity index (χ3v) is 5.03. The summed E-state index contributed by atoms with van der Waals surface area (Å²) in [5.41, 5.74) is -1.98. The number of alkyl halides is 6. The first kappa shape index (κ1) is 24.3. The van der Waals surface area contributed by atoms with Gasteiger partial charge in [0.05, 0.1) is 23.5 Å². The first-order valence-corrected chi connectivity index (χ1v) is 9.72. The molecule has 2 aromatic rings. The summed E-state index contributed by atoms with van der Waals surface area (Å²) in [6.07, 6.45) is -7.42. The van der Waals surface area contributed by atoms with Crippen LogP contribution in [0.1, 0.15) is 25.1 Å². The largest absolute Gasteiger partial charge is 0.433 e. The summed E-state index contributed by atoms with van der Waals surface area (Å²) in [7, 11) is 0. The van der Waals surface area contributed by atoms with Crippen molar-refractivity contribution in [1.82, 2.24) is 14.9 Å². The van der Waals surface area contributed by atoms with E-state index in [1.807, 2.05) is 0 Å². The summed E-state index contributed by atoms with van der Waals surface area (Å²) in [4.78, 5) is 34.8. The summed E-state index contributed by atoms with van der Waals surface area (Å²) < 4.78 is 76.8. The van der Waals surface area contributed by atoms with E-state index in [1.165, 1.54) is 9.80 Å². The van der Waals surface area contributed by atoms with Gasteiger partial charge in [0.2, 0.25) is 5.91 Å². The molecular formula is C20H19F6N5O2. The maximum Gasteiger partial charge on any atom is 0.433 e. The first-order chi connectivity index (χ1) is 15.3. The molecule has 0 unspecified atom stereocenters. The zero-order chi connectivity index (χ0) is 24.6. The van der Waals surface area contributed by atoms with Crippen LogP contribution in [0.4, 0.5) is 42.6 Å². The molecule has 178 valence electrons. The van der Waals surface area contributed by atoms with Crippen molar-refractivity contribution in [3.8, 4) is 0 Å². The Morgan fingerprint density at radius 3 is 2.36 bits per heavy atom. The molecule has 3 heterocycles. The van der Waals surface area contributed by atoms with Gasteiger partial charge in [-0.3, -0.25) is 9.69 Å². The molecule has 1 fully saturated rings. The number of pyridine rings is 2. The van der Waals surface area contributed by atoms with E-state index in [4.69, 9.17) is 0 Å². The minimum atomic E-state index is -4.63. The van der Waals surface area contributed by atoms with Gasteiger partial charge >= 0.3 is 18.4 Å². The van der Waals surface area contributed by atoms with E-state index < -0.39 is 48.1 Å². The van der Waals surface area contributed by atoms with Gasteiger partial charge in [0.25, 0.3) is 0 Å². The Bertz CT molecular complexity index is 1020. The first-order valence-electron chi connectivity index (χ1n) is 9.72. The van der Waals surface area contributed by atoms with Crippen molar-refractivity contribution in [2.24, 2.45) is 5.92 Å². The van der Waals surface area contributed by atoms with Gasteiger partial charge in [0.15, 0.2) is 0 Å². The van der Waals surface area contributed by atoms with Gasteiger partial charge in [0.1, 0.15) is 18.1 Å². The molecule has 1 aliphatic rings. The van der Waals surface area contributed by atoms with Gasteiger partial charge < -0.3 is 10.2 Å². The highest BCUT2D eigenvalue weighted by atomic mass is 19.4. The van der Waals surface area contributed by atoms with Crippen LogP contribution in [0.5, 0.6) is 0 Å². The zero-order valence-electron chi connectivity index (χ0n) is 17.4. The Labute approximate surface area is 184 Å². The van der Waals surface area contributed by atoms with Gasteiger partial charge in [-0.1, -0.05) is 13.8 Å². The number of hydrogen-bond donors (Lipinski definition) is 1. The molecule has 3 rings (SSSR count). The quantitative estimate of drug-likeness (QED) is 0.650. The molecule has 0 spiro atoms. The average Bonchev–Trinajstić information content (AvgIpc) is 3.03. The molecule has 2 aromatic heterocycles. The highest BCUT2D eigenvalue weighted by molar-refractivity contribution is 5.99. The molecule has 13 heteroatoms. The van der Waals surface area contributed by atoms with E-state index >= 15 is 0 Å². The second kappa shape index (κ2) is 8.87. The molecule has 3 amide bonds. The summed E-state index contributed by atoms with van der Waals surface area (Å²) in [5.74, 6) is -1.22. The number of anilines is 2. The number of hydrogen-bond acceptors (Lipinski definition) is 4. The maximum absolute atomic E-state index is 12.9. The molecule has 7 nitrogen and oxygen atoms in total. The Balaban J connectivity index is 1.75. The smallest absolute Gasteiger partial charge is 0.310 e. The minimum absolute atomic E-state index is 0.0959. The molecule has 1 atom stereocenters. The lowest BCUT2D eigenvalue weighted by atomic mass is 10.0.